The van der Waals surface area contributed by atoms with Gasteiger partial charge in [-0.15, -0.1) is 0 Å². The van der Waals surface area contributed by atoms with Crippen molar-refractivity contribution in [2.24, 2.45) is 0 Å². The molecule has 0 spiro atoms. The normalized spacial score (nSPS) is 12.8. The first-order chi connectivity index (χ1) is 7.65. The van der Waals surface area contributed by atoms with Gasteiger partial charge in [-0.1, -0.05) is 17.7 Å². The Labute approximate surface area is 101 Å². The summed E-state index contributed by atoms with van der Waals surface area (Å²) in [6.45, 7) is 3.63. The summed E-state index contributed by atoms with van der Waals surface area (Å²) in [5, 5.41) is 3.49. The molecular weight excluding hydrogens is 229 g/mol. The van der Waals surface area contributed by atoms with Gasteiger partial charge < -0.3 is 10.1 Å². The Morgan fingerprint density at radius 2 is 2.25 bits per heavy atom. The van der Waals surface area contributed by atoms with Crippen LogP contribution in [0, 0.1) is 5.82 Å². The maximum Gasteiger partial charge on any atom is 0.141 e. The number of methoxy groups -OCH3 is 1. The van der Waals surface area contributed by atoms with Crippen molar-refractivity contribution in [1.29, 1.82) is 0 Å². The first-order valence-corrected chi connectivity index (χ1v) is 5.70. The van der Waals surface area contributed by atoms with Crippen molar-refractivity contribution in [1.82, 2.24) is 5.32 Å². The van der Waals surface area contributed by atoms with Gasteiger partial charge in [-0.2, -0.15) is 0 Å². The maximum absolute atomic E-state index is 12.9. The molecule has 1 N–H and O–H groups in total. The average molecular weight is 246 g/mol. The fraction of sp³-hybridized carbons (Fsp3) is 0.500. The molecule has 0 unspecified atom stereocenters. The highest BCUT2D eigenvalue weighted by molar-refractivity contribution is 6.30. The second-order valence-corrected chi connectivity index (χ2v) is 4.10. The number of rotatable bonds is 6. The molecule has 0 aromatic heterocycles. The molecule has 0 aliphatic heterocycles. The Morgan fingerprint density at radius 1 is 1.50 bits per heavy atom. The molecule has 90 valence electrons. The van der Waals surface area contributed by atoms with Crippen LogP contribution in [0.4, 0.5) is 4.39 Å². The Bertz CT molecular complexity index is 333. The van der Waals surface area contributed by atoms with Crippen LogP contribution in [0.3, 0.4) is 0 Å². The van der Waals surface area contributed by atoms with Crippen LogP contribution in [0.5, 0.6) is 0 Å². The summed E-state index contributed by atoms with van der Waals surface area (Å²) < 4.78 is 17.9. The minimum atomic E-state index is -0.378. The van der Waals surface area contributed by atoms with E-state index >= 15 is 0 Å². The van der Waals surface area contributed by atoms with Gasteiger partial charge in [-0.05, 0) is 37.6 Å². The molecule has 2 nitrogen and oxygen atoms in total. The van der Waals surface area contributed by atoms with Gasteiger partial charge in [0.2, 0.25) is 0 Å². The molecule has 0 bridgehead atoms. The molecule has 1 aromatic rings. The largest absolute Gasteiger partial charge is 0.385 e. The summed E-state index contributed by atoms with van der Waals surface area (Å²) in [5.74, 6) is -0.378. The molecule has 0 aliphatic carbocycles. The molecule has 0 radical (unpaired) electrons. The van der Waals surface area contributed by atoms with Gasteiger partial charge in [0.05, 0.1) is 5.02 Å². The minimum absolute atomic E-state index is 0.162. The monoisotopic (exact) mass is 245 g/mol. The molecular formula is C12H17ClFNO. The molecule has 16 heavy (non-hydrogen) atoms. The lowest BCUT2D eigenvalue weighted by Crippen LogP contribution is -2.20. The van der Waals surface area contributed by atoms with E-state index in [0.29, 0.717) is 0 Å². The second-order valence-electron chi connectivity index (χ2n) is 3.70. The predicted molar refractivity (Wildman–Crippen MR) is 64.3 cm³/mol. The summed E-state index contributed by atoms with van der Waals surface area (Å²) in [7, 11) is 1.68. The Morgan fingerprint density at radius 3 is 2.88 bits per heavy atom. The van der Waals surface area contributed by atoms with Crippen LogP contribution in [0.25, 0.3) is 0 Å². The highest BCUT2D eigenvalue weighted by Gasteiger charge is 2.07. The van der Waals surface area contributed by atoms with Crippen LogP contribution >= 0.6 is 11.6 Å². The Hall–Kier alpha value is -0.640. The first kappa shape index (κ1) is 13.4. The van der Waals surface area contributed by atoms with Crippen molar-refractivity contribution in [3.8, 4) is 0 Å². The van der Waals surface area contributed by atoms with Crippen LogP contribution in [-0.2, 0) is 4.74 Å². The van der Waals surface area contributed by atoms with E-state index in [-0.39, 0.29) is 16.9 Å². The molecule has 1 atom stereocenters. The van der Waals surface area contributed by atoms with Crippen LogP contribution in [0.2, 0.25) is 5.02 Å². The highest BCUT2D eigenvalue weighted by Crippen LogP contribution is 2.20. The van der Waals surface area contributed by atoms with E-state index in [0.717, 1.165) is 25.1 Å². The van der Waals surface area contributed by atoms with Gasteiger partial charge in [0, 0.05) is 19.8 Å². The Balaban J connectivity index is 2.46. The van der Waals surface area contributed by atoms with E-state index in [1.807, 2.05) is 6.92 Å². The summed E-state index contributed by atoms with van der Waals surface area (Å²) in [6, 6.07) is 4.96. The summed E-state index contributed by atoms with van der Waals surface area (Å²) in [5.41, 5.74) is 0.990. The van der Waals surface area contributed by atoms with Gasteiger partial charge in [0.25, 0.3) is 0 Å². The third-order valence-electron chi connectivity index (χ3n) is 2.42. The summed E-state index contributed by atoms with van der Waals surface area (Å²) >= 11 is 5.72. The SMILES string of the molecule is COCCCN[C@H](C)c1ccc(F)c(Cl)c1. The lowest BCUT2D eigenvalue weighted by molar-refractivity contribution is 0.193. The summed E-state index contributed by atoms with van der Waals surface area (Å²) in [4.78, 5) is 0. The molecule has 0 fully saturated rings. The number of ether oxygens (including phenoxy) is 1. The second kappa shape index (κ2) is 6.84. The van der Waals surface area contributed by atoms with Crippen LogP contribution in [-0.4, -0.2) is 20.3 Å². The molecule has 0 amide bonds. The number of hydrogen-bond acceptors (Lipinski definition) is 2. The van der Waals surface area contributed by atoms with E-state index in [1.165, 1.54) is 6.07 Å². The van der Waals surface area contributed by atoms with E-state index < -0.39 is 0 Å². The van der Waals surface area contributed by atoms with E-state index in [9.17, 15) is 4.39 Å². The molecule has 1 rings (SSSR count). The molecule has 4 heteroatoms. The number of hydrogen-bond donors (Lipinski definition) is 1. The minimum Gasteiger partial charge on any atom is -0.385 e. The lowest BCUT2D eigenvalue weighted by atomic mass is 10.1. The van der Waals surface area contributed by atoms with E-state index in [2.05, 4.69) is 5.32 Å². The molecule has 0 saturated carbocycles. The fourth-order valence-electron chi connectivity index (χ4n) is 1.43. The zero-order chi connectivity index (χ0) is 12.0. The lowest BCUT2D eigenvalue weighted by Gasteiger charge is -2.14. The zero-order valence-corrected chi connectivity index (χ0v) is 10.4. The van der Waals surface area contributed by atoms with Crippen LogP contribution < -0.4 is 5.32 Å². The molecule has 0 saturated heterocycles. The smallest absolute Gasteiger partial charge is 0.141 e. The standard InChI is InChI=1S/C12H17ClFNO/c1-9(15-6-3-7-16-2)10-4-5-12(14)11(13)8-10/h4-5,8-9,15H,3,6-7H2,1-2H3/t9-/m1/s1. The maximum atomic E-state index is 12.9. The Kier molecular flexibility index (Phi) is 5.74. The molecule has 0 aliphatic rings. The average Bonchev–Trinajstić information content (AvgIpc) is 2.28. The van der Waals surface area contributed by atoms with Crippen LogP contribution in [0.15, 0.2) is 18.2 Å². The van der Waals surface area contributed by atoms with Crippen molar-refractivity contribution in [2.75, 3.05) is 20.3 Å². The van der Waals surface area contributed by atoms with Crippen molar-refractivity contribution in [3.63, 3.8) is 0 Å². The third-order valence-corrected chi connectivity index (χ3v) is 2.71. The van der Waals surface area contributed by atoms with Gasteiger partial charge >= 0.3 is 0 Å². The van der Waals surface area contributed by atoms with E-state index in [1.54, 1.807) is 19.2 Å². The number of benzene rings is 1. The topological polar surface area (TPSA) is 21.3 Å². The van der Waals surface area contributed by atoms with Gasteiger partial charge in [-0.3, -0.25) is 0 Å². The fourth-order valence-corrected chi connectivity index (χ4v) is 1.62. The van der Waals surface area contributed by atoms with Crippen molar-refractivity contribution in [3.05, 3.63) is 34.6 Å². The first-order valence-electron chi connectivity index (χ1n) is 5.32. The zero-order valence-electron chi connectivity index (χ0n) is 9.59. The predicted octanol–water partition coefficient (Wildman–Crippen LogP) is 3.17. The van der Waals surface area contributed by atoms with Gasteiger partial charge in [0.1, 0.15) is 5.82 Å². The molecule has 0 heterocycles. The number of halogens is 2. The van der Waals surface area contributed by atoms with Crippen molar-refractivity contribution >= 4 is 11.6 Å². The van der Waals surface area contributed by atoms with Gasteiger partial charge in [0.15, 0.2) is 0 Å². The van der Waals surface area contributed by atoms with Crippen LogP contribution in [0.1, 0.15) is 24.9 Å². The quantitative estimate of drug-likeness (QED) is 0.778. The van der Waals surface area contributed by atoms with Crippen molar-refractivity contribution < 1.29 is 9.13 Å². The number of nitrogens with one attached hydrogen (secondary N) is 1. The summed E-state index contributed by atoms with van der Waals surface area (Å²) in [6.07, 6.45) is 0.954. The van der Waals surface area contributed by atoms with Gasteiger partial charge in [-0.25, -0.2) is 4.39 Å². The molecule has 1 aromatic carbocycles. The van der Waals surface area contributed by atoms with E-state index in [4.69, 9.17) is 16.3 Å². The highest BCUT2D eigenvalue weighted by atomic mass is 35.5. The third kappa shape index (κ3) is 4.08. The van der Waals surface area contributed by atoms with Crippen molar-refractivity contribution in [2.45, 2.75) is 19.4 Å².